The van der Waals surface area contributed by atoms with Crippen LogP contribution in [0.15, 0.2) is 0 Å². The summed E-state index contributed by atoms with van der Waals surface area (Å²) < 4.78 is 0. The SMILES string of the molecule is CCC1CCCC(C(NC)C2(C)CC2)C1. The molecule has 0 aliphatic heterocycles. The second-order valence-corrected chi connectivity index (χ2v) is 6.12. The van der Waals surface area contributed by atoms with E-state index in [-0.39, 0.29) is 0 Å². The molecular formula is C14H27N. The predicted molar refractivity (Wildman–Crippen MR) is 65.9 cm³/mol. The molecule has 0 saturated heterocycles. The molecule has 0 aromatic carbocycles. The lowest BCUT2D eigenvalue weighted by Crippen LogP contribution is -2.42. The minimum absolute atomic E-state index is 0.648. The van der Waals surface area contributed by atoms with E-state index in [2.05, 4.69) is 26.2 Å². The molecule has 1 N–H and O–H groups in total. The van der Waals surface area contributed by atoms with Gasteiger partial charge in [-0.05, 0) is 50.0 Å². The highest BCUT2D eigenvalue weighted by Crippen LogP contribution is 2.52. The van der Waals surface area contributed by atoms with Crippen LogP contribution >= 0.6 is 0 Å². The third kappa shape index (κ3) is 2.38. The summed E-state index contributed by atoms with van der Waals surface area (Å²) in [7, 11) is 2.17. The first-order valence-corrected chi connectivity index (χ1v) is 6.87. The fraction of sp³-hybridized carbons (Fsp3) is 1.00. The zero-order chi connectivity index (χ0) is 10.9. The number of hydrogen-bond acceptors (Lipinski definition) is 1. The monoisotopic (exact) mass is 209 g/mol. The molecule has 3 unspecified atom stereocenters. The van der Waals surface area contributed by atoms with Crippen molar-refractivity contribution in [2.24, 2.45) is 17.3 Å². The molecule has 0 aromatic heterocycles. The van der Waals surface area contributed by atoms with Gasteiger partial charge in [0, 0.05) is 6.04 Å². The van der Waals surface area contributed by atoms with Crippen molar-refractivity contribution < 1.29 is 0 Å². The Morgan fingerprint density at radius 2 is 2.07 bits per heavy atom. The largest absolute Gasteiger partial charge is 0.316 e. The molecule has 2 fully saturated rings. The maximum atomic E-state index is 3.62. The molecule has 0 heterocycles. The summed E-state index contributed by atoms with van der Waals surface area (Å²) in [6.07, 6.45) is 10.2. The maximum absolute atomic E-state index is 3.62. The van der Waals surface area contributed by atoms with Crippen LogP contribution in [0.3, 0.4) is 0 Å². The molecule has 0 spiro atoms. The second-order valence-electron chi connectivity index (χ2n) is 6.12. The molecule has 0 radical (unpaired) electrons. The van der Waals surface area contributed by atoms with E-state index in [4.69, 9.17) is 0 Å². The first-order chi connectivity index (χ1) is 7.19. The molecule has 3 atom stereocenters. The topological polar surface area (TPSA) is 12.0 Å². The number of nitrogens with one attached hydrogen (secondary N) is 1. The Morgan fingerprint density at radius 3 is 2.60 bits per heavy atom. The molecule has 2 aliphatic rings. The van der Waals surface area contributed by atoms with Gasteiger partial charge in [-0.2, -0.15) is 0 Å². The van der Waals surface area contributed by atoms with Gasteiger partial charge in [0.25, 0.3) is 0 Å². The van der Waals surface area contributed by atoms with Gasteiger partial charge >= 0.3 is 0 Å². The molecule has 88 valence electrons. The molecule has 2 saturated carbocycles. The highest BCUT2D eigenvalue weighted by atomic mass is 14.9. The van der Waals surface area contributed by atoms with Crippen LogP contribution in [0.25, 0.3) is 0 Å². The van der Waals surface area contributed by atoms with Gasteiger partial charge in [0.05, 0.1) is 0 Å². The zero-order valence-corrected chi connectivity index (χ0v) is 10.7. The van der Waals surface area contributed by atoms with E-state index in [9.17, 15) is 0 Å². The summed E-state index contributed by atoms with van der Waals surface area (Å²) in [5.74, 6) is 1.98. The summed E-state index contributed by atoms with van der Waals surface area (Å²) in [6.45, 7) is 4.84. The summed E-state index contributed by atoms with van der Waals surface area (Å²) in [5, 5.41) is 3.62. The third-order valence-electron chi connectivity index (χ3n) is 4.97. The first kappa shape index (κ1) is 11.4. The fourth-order valence-corrected chi connectivity index (χ4v) is 3.67. The molecule has 0 aromatic rings. The average molecular weight is 209 g/mol. The maximum Gasteiger partial charge on any atom is 0.0146 e. The molecule has 0 amide bonds. The fourth-order valence-electron chi connectivity index (χ4n) is 3.67. The van der Waals surface area contributed by atoms with Crippen molar-refractivity contribution in [3.8, 4) is 0 Å². The van der Waals surface area contributed by atoms with E-state index in [1.807, 2.05) is 0 Å². The lowest BCUT2D eigenvalue weighted by Gasteiger charge is -2.37. The van der Waals surface area contributed by atoms with Gasteiger partial charge in [-0.25, -0.2) is 0 Å². The Hall–Kier alpha value is -0.0400. The van der Waals surface area contributed by atoms with E-state index < -0.39 is 0 Å². The summed E-state index contributed by atoms with van der Waals surface area (Å²) in [6, 6.07) is 0.798. The van der Waals surface area contributed by atoms with Crippen molar-refractivity contribution in [2.75, 3.05) is 7.05 Å². The summed E-state index contributed by atoms with van der Waals surface area (Å²) in [5.41, 5.74) is 0.648. The van der Waals surface area contributed by atoms with Gasteiger partial charge in [-0.1, -0.05) is 33.1 Å². The molecule has 2 rings (SSSR count). The zero-order valence-electron chi connectivity index (χ0n) is 10.7. The Bertz CT molecular complexity index is 207. The van der Waals surface area contributed by atoms with Crippen molar-refractivity contribution in [3.05, 3.63) is 0 Å². The van der Waals surface area contributed by atoms with Crippen molar-refractivity contribution in [1.82, 2.24) is 5.32 Å². The van der Waals surface area contributed by atoms with Crippen LogP contribution in [0.2, 0.25) is 0 Å². The number of hydrogen-bond donors (Lipinski definition) is 1. The molecule has 2 aliphatic carbocycles. The van der Waals surface area contributed by atoms with Crippen molar-refractivity contribution in [3.63, 3.8) is 0 Å². The Morgan fingerprint density at radius 1 is 1.33 bits per heavy atom. The Balaban J connectivity index is 1.95. The van der Waals surface area contributed by atoms with E-state index in [1.54, 1.807) is 0 Å². The molecule has 15 heavy (non-hydrogen) atoms. The van der Waals surface area contributed by atoms with Crippen LogP contribution in [0.4, 0.5) is 0 Å². The minimum atomic E-state index is 0.648. The van der Waals surface area contributed by atoms with Gasteiger partial charge in [0.2, 0.25) is 0 Å². The lowest BCUT2D eigenvalue weighted by molar-refractivity contribution is 0.170. The van der Waals surface area contributed by atoms with E-state index in [0.717, 1.165) is 17.9 Å². The normalized spacial score (nSPS) is 36.2. The van der Waals surface area contributed by atoms with Gasteiger partial charge in [-0.3, -0.25) is 0 Å². The van der Waals surface area contributed by atoms with Crippen LogP contribution < -0.4 is 5.32 Å². The Kier molecular flexibility index (Phi) is 3.39. The predicted octanol–water partition coefficient (Wildman–Crippen LogP) is 3.59. The summed E-state index contributed by atoms with van der Waals surface area (Å²) >= 11 is 0. The van der Waals surface area contributed by atoms with E-state index >= 15 is 0 Å². The number of rotatable bonds is 4. The third-order valence-corrected chi connectivity index (χ3v) is 4.97. The van der Waals surface area contributed by atoms with E-state index in [0.29, 0.717) is 5.41 Å². The van der Waals surface area contributed by atoms with Crippen LogP contribution in [-0.2, 0) is 0 Å². The average Bonchev–Trinajstić information content (AvgIpc) is 2.98. The Labute approximate surface area is 95.0 Å². The first-order valence-electron chi connectivity index (χ1n) is 6.87. The highest BCUT2D eigenvalue weighted by Gasteiger charge is 2.47. The highest BCUT2D eigenvalue weighted by molar-refractivity contribution is 5.01. The second kappa shape index (κ2) is 4.45. The van der Waals surface area contributed by atoms with Crippen LogP contribution in [-0.4, -0.2) is 13.1 Å². The standard InChI is InChI=1S/C14H27N/c1-4-11-6-5-7-12(10-11)13(15-3)14(2)8-9-14/h11-13,15H,4-10H2,1-3H3. The minimum Gasteiger partial charge on any atom is -0.316 e. The van der Waals surface area contributed by atoms with Gasteiger partial charge < -0.3 is 5.32 Å². The lowest BCUT2D eigenvalue weighted by atomic mass is 9.73. The van der Waals surface area contributed by atoms with Gasteiger partial charge in [0.15, 0.2) is 0 Å². The van der Waals surface area contributed by atoms with Crippen molar-refractivity contribution in [1.29, 1.82) is 0 Å². The summed E-state index contributed by atoms with van der Waals surface area (Å²) in [4.78, 5) is 0. The molecular weight excluding hydrogens is 182 g/mol. The smallest absolute Gasteiger partial charge is 0.0146 e. The van der Waals surface area contributed by atoms with Crippen molar-refractivity contribution >= 4 is 0 Å². The van der Waals surface area contributed by atoms with Gasteiger partial charge in [-0.15, -0.1) is 0 Å². The van der Waals surface area contributed by atoms with Gasteiger partial charge in [0.1, 0.15) is 0 Å². The van der Waals surface area contributed by atoms with Crippen molar-refractivity contribution in [2.45, 2.75) is 64.8 Å². The quantitative estimate of drug-likeness (QED) is 0.746. The molecule has 0 bridgehead atoms. The van der Waals surface area contributed by atoms with E-state index in [1.165, 1.54) is 44.9 Å². The molecule has 1 heteroatoms. The van der Waals surface area contributed by atoms with Crippen LogP contribution in [0.1, 0.15) is 58.8 Å². The molecule has 1 nitrogen and oxygen atoms in total. The van der Waals surface area contributed by atoms with Crippen LogP contribution in [0.5, 0.6) is 0 Å². The van der Waals surface area contributed by atoms with Crippen LogP contribution in [0, 0.1) is 17.3 Å².